The number of nitrogens with zero attached hydrogens (tertiary/aromatic N) is 1. The number of halogens is 1. The molecule has 2 atom stereocenters. The van der Waals surface area contributed by atoms with Crippen LogP contribution in [0, 0.1) is 5.92 Å². The van der Waals surface area contributed by atoms with Gasteiger partial charge in [0, 0.05) is 12.2 Å². The number of benzene rings is 1. The van der Waals surface area contributed by atoms with Crippen LogP contribution in [0.4, 0.5) is 5.69 Å². The Balaban J connectivity index is 0.00000176. The summed E-state index contributed by atoms with van der Waals surface area (Å²) in [5.74, 6) is 0.840. The lowest BCUT2D eigenvalue weighted by Crippen LogP contribution is -2.49. The smallest absolute Gasteiger partial charge is 0.241 e. The molecule has 5 heteroatoms. The number of hydrogen-bond donors (Lipinski definition) is 2. The maximum atomic E-state index is 12.6. The van der Waals surface area contributed by atoms with E-state index >= 15 is 0 Å². The van der Waals surface area contributed by atoms with Gasteiger partial charge >= 0.3 is 0 Å². The van der Waals surface area contributed by atoms with Crippen LogP contribution in [0.3, 0.4) is 0 Å². The largest absolute Gasteiger partial charge is 0.324 e. The Labute approximate surface area is 139 Å². The molecule has 0 saturated carbocycles. The van der Waals surface area contributed by atoms with E-state index in [1.807, 2.05) is 19.2 Å². The molecular formula is C17H26ClN3O. The zero-order valence-electron chi connectivity index (χ0n) is 13.2. The summed E-state index contributed by atoms with van der Waals surface area (Å²) in [5.41, 5.74) is 2.26. The van der Waals surface area contributed by atoms with Crippen molar-refractivity contribution in [1.29, 1.82) is 0 Å². The maximum absolute atomic E-state index is 12.6. The summed E-state index contributed by atoms with van der Waals surface area (Å²) in [6.07, 6.45) is 4.37. The van der Waals surface area contributed by atoms with Crippen molar-refractivity contribution < 1.29 is 4.79 Å². The van der Waals surface area contributed by atoms with Crippen LogP contribution in [0.1, 0.15) is 24.8 Å². The number of para-hydroxylation sites is 1. The molecule has 0 spiro atoms. The molecule has 0 aromatic heterocycles. The van der Waals surface area contributed by atoms with Crippen LogP contribution in [0.25, 0.3) is 0 Å². The van der Waals surface area contributed by atoms with Crippen molar-refractivity contribution >= 4 is 24.0 Å². The number of hydrogen-bond acceptors (Lipinski definition) is 3. The second kappa shape index (κ2) is 7.95. The van der Waals surface area contributed by atoms with Crippen molar-refractivity contribution in [1.82, 2.24) is 10.2 Å². The van der Waals surface area contributed by atoms with Crippen LogP contribution >= 0.6 is 12.4 Å². The summed E-state index contributed by atoms with van der Waals surface area (Å²) in [5, 5.41) is 6.39. The minimum absolute atomic E-state index is 0. The number of aryl methyl sites for hydroxylation is 1. The number of anilines is 1. The molecule has 0 bridgehead atoms. The molecule has 22 heavy (non-hydrogen) atoms. The second-order valence-electron chi connectivity index (χ2n) is 6.26. The molecular weight excluding hydrogens is 298 g/mol. The molecule has 2 N–H and O–H groups in total. The minimum atomic E-state index is 0. The van der Waals surface area contributed by atoms with E-state index in [4.69, 9.17) is 0 Å². The van der Waals surface area contributed by atoms with E-state index in [9.17, 15) is 4.79 Å². The summed E-state index contributed by atoms with van der Waals surface area (Å²) in [7, 11) is 2.01. The summed E-state index contributed by atoms with van der Waals surface area (Å²) in [6, 6.07) is 8.20. The molecule has 1 saturated heterocycles. The number of piperidine rings is 1. The fraction of sp³-hybridized carbons (Fsp3) is 0.588. The average Bonchev–Trinajstić information content (AvgIpc) is 2.66. The Morgan fingerprint density at radius 2 is 2.14 bits per heavy atom. The Bertz CT molecular complexity index is 506. The van der Waals surface area contributed by atoms with Crippen molar-refractivity contribution in [2.45, 2.75) is 31.7 Å². The van der Waals surface area contributed by atoms with Gasteiger partial charge in [0.2, 0.25) is 5.91 Å². The molecule has 122 valence electrons. The zero-order valence-corrected chi connectivity index (χ0v) is 14.0. The normalized spacial score (nSPS) is 25.6. The van der Waals surface area contributed by atoms with Crippen molar-refractivity contribution in [3.8, 4) is 0 Å². The van der Waals surface area contributed by atoms with E-state index < -0.39 is 0 Å². The van der Waals surface area contributed by atoms with Gasteiger partial charge in [0.15, 0.2) is 0 Å². The molecule has 2 aliphatic rings. The van der Waals surface area contributed by atoms with Crippen LogP contribution in [0.5, 0.6) is 0 Å². The Morgan fingerprint density at radius 1 is 1.32 bits per heavy atom. The third kappa shape index (κ3) is 3.80. The lowest BCUT2D eigenvalue weighted by atomic mass is 9.95. The number of carbonyl (C=O) groups excluding carboxylic acids is 1. The number of rotatable bonds is 3. The van der Waals surface area contributed by atoms with Crippen LogP contribution in [-0.2, 0) is 11.2 Å². The molecule has 4 nitrogen and oxygen atoms in total. The third-order valence-corrected chi connectivity index (χ3v) is 4.75. The summed E-state index contributed by atoms with van der Waals surface area (Å²) in [6.45, 7) is 3.13. The SMILES string of the molecule is CNCC1CCCN(C2CCc3ccccc3NC2=O)C1.Cl. The van der Waals surface area contributed by atoms with Crippen molar-refractivity contribution in [2.24, 2.45) is 5.92 Å². The van der Waals surface area contributed by atoms with Crippen molar-refractivity contribution in [3.63, 3.8) is 0 Å². The van der Waals surface area contributed by atoms with Gasteiger partial charge in [-0.15, -0.1) is 12.4 Å². The monoisotopic (exact) mass is 323 g/mol. The summed E-state index contributed by atoms with van der Waals surface area (Å²) >= 11 is 0. The van der Waals surface area contributed by atoms with E-state index in [2.05, 4.69) is 27.7 Å². The number of carbonyl (C=O) groups is 1. The van der Waals surface area contributed by atoms with Gasteiger partial charge in [0.1, 0.15) is 0 Å². The van der Waals surface area contributed by atoms with Crippen molar-refractivity contribution in [2.75, 3.05) is 32.0 Å². The standard InChI is InChI=1S/C17H25N3O.ClH/c1-18-11-13-5-4-10-20(12-13)16-9-8-14-6-2-3-7-15(14)19-17(16)21;/h2-3,6-7,13,16,18H,4-5,8-12H2,1H3,(H,19,21);1H. The molecule has 2 unspecified atom stereocenters. The predicted molar refractivity (Wildman–Crippen MR) is 92.7 cm³/mol. The second-order valence-corrected chi connectivity index (χ2v) is 6.26. The Hall–Kier alpha value is -1.10. The van der Waals surface area contributed by atoms with E-state index in [0.29, 0.717) is 5.92 Å². The molecule has 1 aromatic carbocycles. The van der Waals surface area contributed by atoms with E-state index in [0.717, 1.165) is 38.2 Å². The molecule has 2 aliphatic heterocycles. The van der Waals surface area contributed by atoms with Gasteiger partial charge in [-0.3, -0.25) is 9.69 Å². The highest BCUT2D eigenvalue weighted by molar-refractivity contribution is 5.96. The molecule has 1 aromatic rings. The first-order valence-corrected chi connectivity index (χ1v) is 8.05. The highest BCUT2D eigenvalue weighted by atomic mass is 35.5. The van der Waals surface area contributed by atoms with Gasteiger partial charge in [0.25, 0.3) is 0 Å². The molecule has 3 rings (SSSR count). The first-order chi connectivity index (χ1) is 10.3. The maximum Gasteiger partial charge on any atom is 0.241 e. The zero-order chi connectivity index (χ0) is 14.7. The van der Waals surface area contributed by atoms with Crippen LogP contribution in [-0.4, -0.2) is 43.5 Å². The topological polar surface area (TPSA) is 44.4 Å². The molecule has 1 fully saturated rings. The quantitative estimate of drug-likeness (QED) is 0.897. The molecule has 0 radical (unpaired) electrons. The Morgan fingerprint density at radius 3 is 2.95 bits per heavy atom. The van der Waals surface area contributed by atoms with Crippen LogP contribution in [0.2, 0.25) is 0 Å². The lowest BCUT2D eigenvalue weighted by Gasteiger charge is -2.37. The Kier molecular flexibility index (Phi) is 6.24. The van der Waals surface area contributed by atoms with Crippen LogP contribution in [0.15, 0.2) is 24.3 Å². The van der Waals surface area contributed by atoms with Gasteiger partial charge in [0.05, 0.1) is 6.04 Å². The summed E-state index contributed by atoms with van der Waals surface area (Å²) < 4.78 is 0. The average molecular weight is 324 g/mol. The first kappa shape index (κ1) is 17.3. The van der Waals surface area contributed by atoms with Gasteiger partial charge in [-0.1, -0.05) is 18.2 Å². The van der Waals surface area contributed by atoms with E-state index in [-0.39, 0.29) is 24.4 Å². The minimum Gasteiger partial charge on any atom is -0.324 e. The lowest BCUT2D eigenvalue weighted by molar-refractivity contribution is -0.122. The highest BCUT2D eigenvalue weighted by Crippen LogP contribution is 2.26. The van der Waals surface area contributed by atoms with Crippen LogP contribution < -0.4 is 10.6 Å². The van der Waals surface area contributed by atoms with Gasteiger partial charge in [-0.25, -0.2) is 0 Å². The fourth-order valence-electron chi connectivity index (χ4n) is 3.68. The molecule has 0 aliphatic carbocycles. The van der Waals surface area contributed by atoms with Gasteiger partial charge in [-0.05, 0) is 63.4 Å². The number of nitrogens with one attached hydrogen (secondary N) is 2. The highest BCUT2D eigenvalue weighted by Gasteiger charge is 2.32. The predicted octanol–water partition coefficient (Wildman–Crippen LogP) is 2.29. The molecule has 2 heterocycles. The first-order valence-electron chi connectivity index (χ1n) is 8.05. The third-order valence-electron chi connectivity index (χ3n) is 4.75. The number of likely N-dealkylation sites (tertiary alicyclic amines) is 1. The van der Waals surface area contributed by atoms with Crippen molar-refractivity contribution in [3.05, 3.63) is 29.8 Å². The van der Waals surface area contributed by atoms with Gasteiger partial charge in [-0.2, -0.15) is 0 Å². The van der Waals surface area contributed by atoms with Gasteiger partial charge < -0.3 is 10.6 Å². The fourth-order valence-corrected chi connectivity index (χ4v) is 3.68. The number of amides is 1. The molecule has 1 amide bonds. The van der Waals surface area contributed by atoms with E-state index in [1.54, 1.807) is 0 Å². The number of fused-ring (bicyclic) bond motifs is 1. The summed E-state index contributed by atoms with van der Waals surface area (Å²) in [4.78, 5) is 15.0. The van der Waals surface area contributed by atoms with E-state index in [1.165, 1.54) is 18.4 Å².